The van der Waals surface area contributed by atoms with Crippen molar-refractivity contribution in [1.82, 2.24) is 10.2 Å². The predicted octanol–water partition coefficient (Wildman–Crippen LogP) is 2.23. The molecule has 7 heteroatoms. The van der Waals surface area contributed by atoms with Crippen LogP contribution in [-0.4, -0.2) is 40.5 Å². The zero-order valence-corrected chi connectivity index (χ0v) is 12.5. The maximum Gasteiger partial charge on any atom is 0.406 e. The molecule has 2 aliphatic rings. The summed E-state index contributed by atoms with van der Waals surface area (Å²) in [7, 11) is 0. The number of hydrogen-bond donors (Lipinski definition) is 1. The molecule has 0 aromatic carbocycles. The number of nitrogens with one attached hydrogen (secondary N) is 1. The van der Waals surface area contributed by atoms with Crippen LogP contribution in [0.25, 0.3) is 0 Å². The van der Waals surface area contributed by atoms with Crippen molar-refractivity contribution in [3.8, 4) is 0 Å². The van der Waals surface area contributed by atoms with Gasteiger partial charge in [0.2, 0.25) is 11.8 Å². The summed E-state index contributed by atoms with van der Waals surface area (Å²) in [6, 6.07) is 0. The molecule has 1 saturated carbocycles. The van der Waals surface area contributed by atoms with Gasteiger partial charge in [0, 0.05) is 0 Å². The Kier molecular flexibility index (Phi) is 3.74. The third-order valence-electron chi connectivity index (χ3n) is 4.94. The molecule has 0 aromatic heterocycles. The number of piperazine rings is 1. The van der Waals surface area contributed by atoms with Crippen molar-refractivity contribution < 1.29 is 22.8 Å². The summed E-state index contributed by atoms with van der Waals surface area (Å²) >= 11 is 0. The average Bonchev–Trinajstić information content (AvgIpc) is 3.23. The zero-order chi connectivity index (χ0) is 16.1. The molecule has 1 unspecified atom stereocenters. The van der Waals surface area contributed by atoms with Crippen molar-refractivity contribution >= 4 is 11.8 Å². The molecule has 0 spiro atoms. The number of nitrogens with zero attached hydrogens (tertiary/aromatic N) is 1. The van der Waals surface area contributed by atoms with Crippen LogP contribution >= 0.6 is 0 Å². The van der Waals surface area contributed by atoms with Gasteiger partial charge in [-0.15, -0.1) is 0 Å². The van der Waals surface area contributed by atoms with Crippen molar-refractivity contribution in [3.05, 3.63) is 0 Å². The van der Waals surface area contributed by atoms with Crippen molar-refractivity contribution in [1.29, 1.82) is 0 Å². The Balaban J connectivity index is 2.44. The lowest BCUT2D eigenvalue weighted by molar-refractivity contribution is -0.188. The Bertz CT molecular complexity index is 456. The van der Waals surface area contributed by atoms with E-state index in [1.165, 1.54) is 6.92 Å². The van der Waals surface area contributed by atoms with E-state index in [1.54, 1.807) is 13.8 Å². The van der Waals surface area contributed by atoms with Gasteiger partial charge in [0.15, 0.2) is 0 Å². The van der Waals surface area contributed by atoms with Gasteiger partial charge in [-0.1, -0.05) is 13.8 Å². The topological polar surface area (TPSA) is 49.4 Å². The molecule has 0 aromatic rings. The highest BCUT2D eigenvalue weighted by molar-refractivity contribution is 6.02. The molecule has 2 amide bonds. The number of amides is 2. The highest BCUT2D eigenvalue weighted by atomic mass is 19.4. The van der Waals surface area contributed by atoms with Crippen LogP contribution in [0.2, 0.25) is 0 Å². The van der Waals surface area contributed by atoms with Gasteiger partial charge in [0.1, 0.15) is 17.6 Å². The van der Waals surface area contributed by atoms with E-state index in [0.717, 1.165) is 4.90 Å². The van der Waals surface area contributed by atoms with Crippen LogP contribution in [0.5, 0.6) is 0 Å². The van der Waals surface area contributed by atoms with Gasteiger partial charge in [0.25, 0.3) is 0 Å². The van der Waals surface area contributed by atoms with Crippen molar-refractivity contribution in [3.63, 3.8) is 0 Å². The second kappa shape index (κ2) is 4.88. The van der Waals surface area contributed by atoms with Crippen LogP contribution in [0.4, 0.5) is 13.2 Å². The molecular weight excluding hydrogens is 285 g/mol. The molecule has 1 aliphatic heterocycles. The van der Waals surface area contributed by atoms with Crippen LogP contribution in [0.3, 0.4) is 0 Å². The van der Waals surface area contributed by atoms with Gasteiger partial charge in [-0.3, -0.25) is 9.59 Å². The fraction of sp³-hybridized carbons (Fsp3) is 0.857. The Morgan fingerprint density at radius 3 is 2.14 bits per heavy atom. The summed E-state index contributed by atoms with van der Waals surface area (Å²) in [5, 5.41) is 2.71. The second-order valence-corrected chi connectivity index (χ2v) is 6.17. The molecule has 1 saturated heterocycles. The molecule has 1 aliphatic carbocycles. The molecule has 4 nitrogen and oxygen atoms in total. The summed E-state index contributed by atoms with van der Waals surface area (Å²) in [6.07, 6.45) is -2.60. The molecular formula is C14H21F3N2O2. The zero-order valence-electron chi connectivity index (χ0n) is 12.5. The minimum absolute atomic E-state index is 0.185. The predicted molar refractivity (Wildman–Crippen MR) is 70.4 cm³/mol. The number of carbonyl (C=O) groups excluding carboxylic acids is 2. The van der Waals surface area contributed by atoms with Gasteiger partial charge >= 0.3 is 6.18 Å². The summed E-state index contributed by atoms with van der Waals surface area (Å²) < 4.78 is 38.7. The molecule has 1 N–H and O–H groups in total. The fourth-order valence-corrected chi connectivity index (χ4v) is 3.18. The largest absolute Gasteiger partial charge is 0.406 e. The first-order valence-corrected chi connectivity index (χ1v) is 7.32. The third kappa shape index (κ3) is 2.51. The highest BCUT2D eigenvalue weighted by Crippen LogP contribution is 2.47. The fourth-order valence-electron chi connectivity index (χ4n) is 3.18. The number of hydrogen-bond acceptors (Lipinski definition) is 2. The normalized spacial score (nSPS) is 29.5. The molecule has 21 heavy (non-hydrogen) atoms. The quantitative estimate of drug-likeness (QED) is 0.866. The number of carbonyl (C=O) groups is 2. The Morgan fingerprint density at radius 1 is 1.24 bits per heavy atom. The van der Waals surface area contributed by atoms with E-state index >= 15 is 0 Å². The van der Waals surface area contributed by atoms with E-state index < -0.39 is 35.6 Å². The number of alkyl halides is 3. The SMILES string of the molecule is CCC1(CC)NC(=O)C(C)(C2CC2)N(CC(F)(F)F)C1=O. The maximum absolute atomic E-state index is 12.9. The highest BCUT2D eigenvalue weighted by Gasteiger charge is 2.62. The molecule has 0 bridgehead atoms. The minimum atomic E-state index is -4.52. The summed E-state index contributed by atoms with van der Waals surface area (Å²) in [6.45, 7) is 3.49. The minimum Gasteiger partial charge on any atom is -0.340 e. The number of rotatable bonds is 4. The molecule has 120 valence electrons. The Morgan fingerprint density at radius 2 is 1.76 bits per heavy atom. The van der Waals surface area contributed by atoms with E-state index in [-0.39, 0.29) is 18.8 Å². The monoisotopic (exact) mass is 306 g/mol. The second-order valence-electron chi connectivity index (χ2n) is 6.17. The van der Waals surface area contributed by atoms with E-state index in [1.807, 2.05) is 0 Å². The van der Waals surface area contributed by atoms with Crippen LogP contribution in [0.1, 0.15) is 46.5 Å². The Labute approximate surface area is 122 Å². The first kappa shape index (κ1) is 16.1. The van der Waals surface area contributed by atoms with E-state index in [2.05, 4.69) is 5.32 Å². The summed E-state index contributed by atoms with van der Waals surface area (Å²) in [4.78, 5) is 26.0. The lowest BCUT2D eigenvalue weighted by atomic mass is 9.80. The third-order valence-corrected chi connectivity index (χ3v) is 4.94. The maximum atomic E-state index is 12.9. The molecule has 2 fully saturated rings. The van der Waals surface area contributed by atoms with Crippen molar-refractivity contribution in [2.24, 2.45) is 5.92 Å². The van der Waals surface area contributed by atoms with Gasteiger partial charge in [-0.2, -0.15) is 13.2 Å². The molecule has 0 radical (unpaired) electrons. The van der Waals surface area contributed by atoms with E-state index in [4.69, 9.17) is 0 Å². The molecule has 1 atom stereocenters. The Hall–Kier alpha value is -1.27. The van der Waals surface area contributed by atoms with E-state index in [0.29, 0.717) is 12.8 Å². The summed E-state index contributed by atoms with van der Waals surface area (Å²) in [5.41, 5.74) is -2.60. The summed E-state index contributed by atoms with van der Waals surface area (Å²) in [5.74, 6) is -1.26. The van der Waals surface area contributed by atoms with Crippen LogP contribution < -0.4 is 5.32 Å². The van der Waals surface area contributed by atoms with Gasteiger partial charge in [-0.25, -0.2) is 0 Å². The lowest BCUT2D eigenvalue weighted by Gasteiger charge is -2.51. The van der Waals surface area contributed by atoms with Crippen molar-refractivity contribution in [2.45, 2.75) is 63.7 Å². The van der Waals surface area contributed by atoms with Crippen molar-refractivity contribution in [2.75, 3.05) is 6.54 Å². The van der Waals surface area contributed by atoms with Crippen LogP contribution in [-0.2, 0) is 9.59 Å². The molecule has 1 heterocycles. The van der Waals surface area contributed by atoms with Gasteiger partial charge in [0.05, 0.1) is 0 Å². The lowest BCUT2D eigenvalue weighted by Crippen LogP contribution is -2.76. The molecule has 2 rings (SSSR count). The first-order valence-electron chi connectivity index (χ1n) is 7.32. The number of halogens is 3. The van der Waals surface area contributed by atoms with Crippen LogP contribution in [0, 0.1) is 5.92 Å². The van der Waals surface area contributed by atoms with Gasteiger partial charge in [-0.05, 0) is 38.5 Å². The smallest absolute Gasteiger partial charge is 0.340 e. The van der Waals surface area contributed by atoms with E-state index in [9.17, 15) is 22.8 Å². The standard InChI is InChI=1S/C14H21F3N2O2/c1-4-13(5-2)11(21)19(8-14(15,16)17)12(3,9-6-7-9)10(20)18-13/h9H,4-8H2,1-3H3,(H,18,20). The van der Waals surface area contributed by atoms with Crippen LogP contribution in [0.15, 0.2) is 0 Å². The first-order chi connectivity index (χ1) is 9.60. The van der Waals surface area contributed by atoms with Gasteiger partial charge < -0.3 is 10.2 Å². The average molecular weight is 306 g/mol.